The third-order valence-electron chi connectivity index (χ3n) is 4.03. The molecular formula is C22H18Cl2N2O2. The summed E-state index contributed by atoms with van der Waals surface area (Å²) in [6.07, 6.45) is 7.39. The van der Waals surface area contributed by atoms with Gasteiger partial charge in [-0.15, -0.1) is 0 Å². The number of nitrogens with one attached hydrogen (secondary N) is 1. The van der Waals surface area contributed by atoms with E-state index in [0.717, 1.165) is 12.0 Å². The predicted octanol–water partition coefficient (Wildman–Crippen LogP) is 5.64. The van der Waals surface area contributed by atoms with Gasteiger partial charge >= 0.3 is 0 Å². The van der Waals surface area contributed by atoms with Gasteiger partial charge in [0.1, 0.15) is 5.75 Å². The largest absolute Gasteiger partial charge is 0.495 e. The first-order valence-electron chi connectivity index (χ1n) is 8.55. The van der Waals surface area contributed by atoms with Crippen LogP contribution in [0.15, 0.2) is 67.0 Å². The quantitative estimate of drug-likeness (QED) is 0.532. The van der Waals surface area contributed by atoms with Crippen molar-refractivity contribution in [1.29, 1.82) is 0 Å². The third kappa shape index (κ3) is 5.35. The van der Waals surface area contributed by atoms with Crippen LogP contribution < -0.4 is 10.1 Å². The lowest BCUT2D eigenvalue weighted by atomic mass is 10.1. The average Bonchev–Trinajstić information content (AvgIpc) is 2.68. The second-order valence-electron chi connectivity index (χ2n) is 6.06. The molecule has 0 aliphatic heterocycles. The Balaban J connectivity index is 1.64. The van der Waals surface area contributed by atoms with Crippen molar-refractivity contribution in [2.24, 2.45) is 0 Å². The van der Waals surface area contributed by atoms with E-state index >= 15 is 0 Å². The molecule has 1 amide bonds. The van der Waals surface area contributed by atoms with Crippen LogP contribution in [0.25, 0.3) is 6.08 Å². The summed E-state index contributed by atoms with van der Waals surface area (Å²) in [5.74, 6) is 0.204. The van der Waals surface area contributed by atoms with Gasteiger partial charge in [0, 0.05) is 34.7 Å². The number of aromatic nitrogens is 1. The minimum absolute atomic E-state index is 0.264. The van der Waals surface area contributed by atoms with E-state index in [9.17, 15) is 4.79 Å². The lowest BCUT2D eigenvalue weighted by molar-refractivity contribution is -0.111. The number of rotatable bonds is 6. The number of pyridine rings is 1. The van der Waals surface area contributed by atoms with Gasteiger partial charge in [-0.3, -0.25) is 9.78 Å². The summed E-state index contributed by atoms with van der Waals surface area (Å²) in [7, 11) is 1.51. The molecule has 3 aromatic rings. The molecule has 0 saturated heterocycles. The van der Waals surface area contributed by atoms with Crippen LogP contribution in [-0.4, -0.2) is 18.0 Å². The van der Waals surface area contributed by atoms with E-state index < -0.39 is 0 Å². The van der Waals surface area contributed by atoms with E-state index in [2.05, 4.69) is 10.3 Å². The summed E-state index contributed by atoms with van der Waals surface area (Å²) in [6.45, 7) is 0. The highest BCUT2D eigenvalue weighted by atomic mass is 35.5. The topological polar surface area (TPSA) is 51.2 Å². The zero-order chi connectivity index (χ0) is 19.9. The number of ether oxygens (including phenoxy) is 1. The van der Waals surface area contributed by atoms with Crippen LogP contribution >= 0.6 is 23.2 Å². The van der Waals surface area contributed by atoms with E-state index in [0.29, 0.717) is 27.0 Å². The molecule has 0 radical (unpaired) electrons. The number of carbonyl (C=O) groups excluding carboxylic acids is 1. The summed E-state index contributed by atoms with van der Waals surface area (Å²) >= 11 is 12.1. The maximum Gasteiger partial charge on any atom is 0.248 e. The number of amides is 1. The van der Waals surface area contributed by atoms with Crippen molar-refractivity contribution in [2.45, 2.75) is 6.42 Å². The number of halogens is 2. The van der Waals surface area contributed by atoms with Gasteiger partial charge < -0.3 is 10.1 Å². The van der Waals surface area contributed by atoms with Crippen LogP contribution in [0, 0.1) is 0 Å². The molecule has 142 valence electrons. The Kier molecular flexibility index (Phi) is 6.69. The van der Waals surface area contributed by atoms with Gasteiger partial charge in [0.05, 0.1) is 12.1 Å². The Morgan fingerprint density at radius 2 is 1.75 bits per heavy atom. The van der Waals surface area contributed by atoms with E-state index in [-0.39, 0.29) is 5.91 Å². The summed E-state index contributed by atoms with van der Waals surface area (Å²) in [5.41, 5.74) is 3.67. The minimum Gasteiger partial charge on any atom is -0.495 e. The molecule has 0 atom stereocenters. The summed E-state index contributed by atoms with van der Waals surface area (Å²) in [4.78, 5) is 16.2. The molecule has 1 N–H and O–H groups in total. The standard InChI is InChI=1S/C22H18Cl2N2O2/c1-28-22-17(13-18(23)14-20(22)24)4-7-21(27)26-19-5-2-15(3-6-19)12-16-8-10-25-11-9-16/h2-11,13-14H,12H2,1H3,(H,26,27). The van der Waals surface area contributed by atoms with Crippen molar-refractivity contribution in [3.05, 3.63) is 93.7 Å². The molecule has 2 aromatic carbocycles. The number of methoxy groups -OCH3 is 1. The number of hydrogen-bond acceptors (Lipinski definition) is 3. The maximum atomic E-state index is 12.2. The van der Waals surface area contributed by atoms with Gasteiger partial charge in [-0.25, -0.2) is 0 Å². The molecule has 4 nitrogen and oxygen atoms in total. The molecule has 0 unspecified atom stereocenters. The van der Waals surface area contributed by atoms with Gasteiger partial charge in [0.25, 0.3) is 0 Å². The number of benzene rings is 2. The molecule has 0 aliphatic rings. The van der Waals surface area contributed by atoms with Crippen LogP contribution in [-0.2, 0) is 11.2 Å². The Bertz CT molecular complexity index is 987. The molecule has 0 bridgehead atoms. The van der Waals surface area contributed by atoms with Crippen molar-refractivity contribution in [1.82, 2.24) is 4.98 Å². The Morgan fingerprint density at radius 1 is 1.07 bits per heavy atom. The van der Waals surface area contributed by atoms with Crippen molar-refractivity contribution in [3.63, 3.8) is 0 Å². The van der Waals surface area contributed by atoms with E-state index in [4.69, 9.17) is 27.9 Å². The monoisotopic (exact) mass is 412 g/mol. The highest BCUT2D eigenvalue weighted by molar-refractivity contribution is 6.36. The van der Waals surface area contributed by atoms with E-state index in [1.165, 1.54) is 18.7 Å². The number of carbonyl (C=O) groups is 1. The first-order valence-corrected chi connectivity index (χ1v) is 9.30. The second-order valence-corrected chi connectivity index (χ2v) is 6.91. The second kappa shape index (κ2) is 9.40. The fourth-order valence-corrected chi connectivity index (χ4v) is 3.30. The van der Waals surface area contributed by atoms with Crippen molar-refractivity contribution in [2.75, 3.05) is 12.4 Å². The molecule has 1 heterocycles. The zero-order valence-corrected chi connectivity index (χ0v) is 16.7. The summed E-state index contributed by atoms with van der Waals surface area (Å²) in [6, 6.07) is 15.0. The summed E-state index contributed by atoms with van der Waals surface area (Å²) < 4.78 is 5.27. The van der Waals surface area contributed by atoms with Gasteiger partial charge in [-0.2, -0.15) is 0 Å². The highest BCUT2D eigenvalue weighted by Gasteiger charge is 2.08. The lowest BCUT2D eigenvalue weighted by Gasteiger charge is -2.08. The van der Waals surface area contributed by atoms with Gasteiger partial charge in [-0.05, 0) is 60.0 Å². The molecule has 0 fully saturated rings. The fourth-order valence-electron chi connectivity index (χ4n) is 2.71. The average molecular weight is 413 g/mol. The smallest absolute Gasteiger partial charge is 0.248 e. The van der Waals surface area contributed by atoms with Crippen LogP contribution in [0.4, 0.5) is 5.69 Å². The number of hydrogen-bond donors (Lipinski definition) is 1. The molecule has 0 aliphatic carbocycles. The predicted molar refractivity (Wildman–Crippen MR) is 114 cm³/mol. The van der Waals surface area contributed by atoms with Crippen molar-refractivity contribution < 1.29 is 9.53 Å². The van der Waals surface area contributed by atoms with Gasteiger partial charge in [-0.1, -0.05) is 35.3 Å². The highest BCUT2D eigenvalue weighted by Crippen LogP contribution is 2.33. The molecule has 3 rings (SSSR count). The van der Waals surface area contributed by atoms with Crippen LogP contribution in [0.3, 0.4) is 0 Å². The molecule has 6 heteroatoms. The first-order chi connectivity index (χ1) is 13.5. The normalized spacial score (nSPS) is 10.8. The molecular weight excluding hydrogens is 395 g/mol. The van der Waals surface area contributed by atoms with Gasteiger partial charge in [0.2, 0.25) is 5.91 Å². The Hall–Kier alpha value is -2.82. The van der Waals surface area contributed by atoms with Crippen LogP contribution in [0.5, 0.6) is 5.75 Å². The maximum absolute atomic E-state index is 12.2. The Labute approximate surface area is 173 Å². The summed E-state index contributed by atoms with van der Waals surface area (Å²) in [5, 5.41) is 3.68. The fraction of sp³-hybridized carbons (Fsp3) is 0.0909. The van der Waals surface area contributed by atoms with Crippen molar-refractivity contribution in [3.8, 4) is 5.75 Å². The van der Waals surface area contributed by atoms with Gasteiger partial charge in [0.15, 0.2) is 0 Å². The molecule has 0 saturated carbocycles. The van der Waals surface area contributed by atoms with Crippen LogP contribution in [0.1, 0.15) is 16.7 Å². The minimum atomic E-state index is -0.264. The molecule has 0 spiro atoms. The lowest BCUT2D eigenvalue weighted by Crippen LogP contribution is -2.07. The van der Waals surface area contributed by atoms with Crippen molar-refractivity contribution >= 4 is 40.9 Å². The first kappa shape index (κ1) is 19.9. The molecule has 1 aromatic heterocycles. The van der Waals surface area contributed by atoms with E-state index in [1.807, 2.05) is 36.4 Å². The SMILES string of the molecule is COc1c(Cl)cc(Cl)cc1C=CC(=O)Nc1ccc(Cc2ccncc2)cc1. The number of nitrogens with zero attached hydrogens (tertiary/aromatic N) is 1. The number of anilines is 1. The molecule has 28 heavy (non-hydrogen) atoms. The van der Waals surface area contributed by atoms with Crippen LogP contribution in [0.2, 0.25) is 10.0 Å². The Morgan fingerprint density at radius 3 is 2.43 bits per heavy atom. The van der Waals surface area contributed by atoms with E-state index in [1.54, 1.807) is 30.6 Å². The third-order valence-corrected chi connectivity index (χ3v) is 4.53. The zero-order valence-electron chi connectivity index (χ0n) is 15.2.